The van der Waals surface area contributed by atoms with E-state index < -0.39 is 11.9 Å². The van der Waals surface area contributed by atoms with Crippen LogP contribution < -0.4 is 21.1 Å². The molecule has 0 unspecified atom stereocenters. The van der Waals surface area contributed by atoms with E-state index in [1.807, 2.05) is 69.4 Å². The van der Waals surface area contributed by atoms with Gasteiger partial charge in [-0.3, -0.25) is 14.7 Å². The highest BCUT2D eigenvalue weighted by molar-refractivity contribution is 6.10. The zero-order valence-corrected chi connectivity index (χ0v) is 24.5. The van der Waals surface area contributed by atoms with Crippen LogP contribution in [-0.4, -0.2) is 55.2 Å². The van der Waals surface area contributed by atoms with Crippen molar-refractivity contribution < 1.29 is 19.1 Å². The lowest BCUT2D eigenvalue weighted by Crippen LogP contribution is -2.35. The summed E-state index contributed by atoms with van der Waals surface area (Å²) in [5, 5.41) is 7.71. The number of nitrogens with zero attached hydrogens (tertiary/aromatic N) is 2. The minimum atomic E-state index is -0.633. The summed E-state index contributed by atoms with van der Waals surface area (Å²) in [6, 6.07) is 19.0. The summed E-state index contributed by atoms with van der Waals surface area (Å²) in [6.07, 6.45) is 1.90. The Labute approximate surface area is 246 Å². The van der Waals surface area contributed by atoms with E-state index in [0.717, 1.165) is 66.0 Å². The molecule has 4 aromatic rings. The maximum Gasteiger partial charge on any atom is 0.323 e. The van der Waals surface area contributed by atoms with Gasteiger partial charge in [0.25, 0.3) is 5.91 Å². The van der Waals surface area contributed by atoms with Gasteiger partial charge in [-0.1, -0.05) is 57.2 Å². The molecule has 4 N–H and O–H groups in total. The van der Waals surface area contributed by atoms with Crippen LogP contribution in [0.15, 0.2) is 66.9 Å². The van der Waals surface area contributed by atoms with Crippen LogP contribution in [-0.2, 0) is 16.7 Å². The lowest BCUT2D eigenvalue weighted by molar-refractivity contribution is 0.0336. The molecule has 1 aromatic heterocycles. The van der Waals surface area contributed by atoms with E-state index in [9.17, 15) is 9.59 Å². The van der Waals surface area contributed by atoms with E-state index in [0.29, 0.717) is 11.4 Å². The second-order valence-electron chi connectivity index (χ2n) is 11.4. The molecular weight excluding hydrogens is 530 g/mol. The van der Waals surface area contributed by atoms with Gasteiger partial charge in [-0.15, -0.1) is 0 Å². The van der Waals surface area contributed by atoms with Crippen molar-refractivity contribution >= 4 is 34.1 Å². The van der Waals surface area contributed by atoms with E-state index in [1.165, 1.54) is 7.11 Å². The van der Waals surface area contributed by atoms with Gasteiger partial charge in [0.2, 0.25) is 0 Å². The van der Waals surface area contributed by atoms with E-state index in [4.69, 9.17) is 20.2 Å². The number of anilines is 2. The fourth-order valence-corrected chi connectivity index (χ4v) is 5.16. The number of primary amides is 1. The third-order valence-electron chi connectivity index (χ3n) is 7.47. The maximum atomic E-state index is 13.3. The molecule has 9 heteroatoms. The van der Waals surface area contributed by atoms with E-state index in [-0.39, 0.29) is 16.7 Å². The quantitative estimate of drug-likeness (QED) is 0.260. The molecule has 3 aromatic carbocycles. The Morgan fingerprint density at radius 2 is 1.69 bits per heavy atom. The number of hydrogen-bond acceptors (Lipinski definition) is 6. The predicted molar refractivity (Wildman–Crippen MR) is 166 cm³/mol. The number of carbonyl (C=O) groups excluding carboxylic acids is 2. The standard InChI is InChI=1S/C33H37N5O4/c1-33(2,3)22-17-27(31(34)39)30(41-4)29(18-22)37-32(40)36-28-12-11-24(25-7-5-6-8-26(25)28)21-9-10-23(35-19-21)20-38-13-15-42-16-14-38/h5-12,17-19H,13-16,20H2,1-4H3,(H2,34,39)(H2,36,37,40). The monoisotopic (exact) mass is 567 g/mol. The SMILES string of the molecule is COc1c(NC(=O)Nc2ccc(-c3ccc(CN4CCOCC4)nc3)c3ccccc23)cc(C(C)(C)C)cc1C(N)=O. The Morgan fingerprint density at radius 3 is 2.33 bits per heavy atom. The normalized spacial score (nSPS) is 14.0. The van der Waals surface area contributed by atoms with Crippen molar-refractivity contribution in [1.82, 2.24) is 9.88 Å². The summed E-state index contributed by atoms with van der Waals surface area (Å²) < 4.78 is 10.9. The minimum Gasteiger partial charge on any atom is -0.494 e. The Bertz CT molecular complexity index is 1610. The molecule has 0 saturated carbocycles. The molecule has 2 heterocycles. The molecule has 0 radical (unpaired) electrons. The van der Waals surface area contributed by atoms with E-state index in [1.54, 1.807) is 6.07 Å². The number of ether oxygens (including phenoxy) is 2. The summed E-state index contributed by atoms with van der Waals surface area (Å²) in [6.45, 7) is 10.2. The second kappa shape index (κ2) is 12.2. The number of carbonyl (C=O) groups is 2. The van der Waals surface area contributed by atoms with Gasteiger partial charge in [0.15, 0.2) is 5.75 Å². The predicted octanol–water partition coefficient (Wildman–Crippen LogP) is 5.78. The number of hydrogen-bond donors (Lipinski definition) is 3. The minimum absolute atomic E-state index is 0.208. The van der Waals surface area contributed by atoms with Crippen molar-refractivity contribution in [2.24, 2.45) is 5.73 Å². The number of benzene rings is 3. The third-order valence-corrected chi connectivity index (χ3v) is 7.47. The zero-order valence-electron chi connectivity index (χ0n) is 24.5. The summed E-state index contributed by atoms with van der Waals surface area (Å²) in [7, 11) is 1.44. The van der Waals surface area contributed by atoms with Gasteiger partial charge in [0.05, 0.1) is 43.0 Å². The number of nitrogens with two attached hydrogens (primary N) is 1. The van der Waals surface area contributed by atoms with Crippen molar-refractivity contribution in [3.63, 3.8) is 0 Å². The van der Waals surface area contributed by atoms with Crippen LogP contribution in [0.4, 0.5) is 16.2 Å². The highest BCUT2D eigenvalue weighted by atomic mass is 16.5. The van der Waals surface area contributed by atoms with Crippen molar-refractivity contribution in [2.45, 2.75) is 32.7 Å². The average Bonchev–Trinajstić information content (AvgIpc) is 2.97. The zero-order chi connectivity index (χ0) is 29.9. The molecule has 1 aliphatic heterocycles. The van der Waals surface area contributed by atoms with Crippen LogP contribution in [0, 0.1) is 0 Å². The topological polar surface area (TPSA) is 119 Å². The van der Waals surface area contributed by atoms with Crippen molar-refractivity contribution in [3.05, 3.63) is 83.7 Å². The Hall–Kier alpha value is -4.47. The smallest absolute Gasteiger partial charge is 0.323 e. The van der Waals surface area contributed by atoms with E-state index >= 15 is 0 Å². The number of morpholine rings is 1. The number of urea groups is 1. The first-order chi connectivity index (χ1) is 20.1. The first-order valence-electron chi connectivity index (χ1n) is 14.0. The summed E-state index contributed by atoms with van der Waals surface area (Å²) in [4.78, 5) is 32.5. The van der Waals surface area contributed by atoms with Crippen LogP contribution in [0.1, 0.15) is 42.4 Å². The summed E-state index contributed by atoms with van der Waals surface area (Å²) >= 11 is 0. The van der Waals surface area contributed by atoms with Crippen molar-refractivity contribution in [3.8, 4) is 16.9 Å². The third kappa shape index (κ3) is 6.37. The second-order valence-corrected chi connectivity index (χ2v) is 11.4. The lowest BCUT2D eigenvalue weighted by atomic mass is 9.85. The fourth-order valence-electron chi connectivity index (χ4n) is 5.16. The maximum absolute atomic E-state index is 13.3. The molecule has 9 nitrogen and oxygen atoms in total. The molecule has 0 spiro atoms. The van der Waals surface area contributed by atoms with Crippen molar-refractivity contribution in [1.29, 1.82) is 0 Å². The largest absolute Gasteiger partial charge is 0.494 e. The molecule has 5 rings (SSSR count). The highest BCUT2D eigenvalue weighted by Crippen LogP contribution is 2.36. The molecule has 1 aliphatic rings. The Balaban J connectivity index is 1.40. The molecule has 218 valence electrons. The van der Waals surface area contributed by atoms with Crippen LogP contribution >= 0.6 is 0 Å². The molecule has 1 fully saturated rings. The number of amides is 3. The molecule has 0 aliphatic carbocycles. The fraction of sp³-hybridized carbons (Fsp3) is 0.303. The molecule has 1 saturated heterocycles. The number of rotatable bonds is 7. The average molecular weight is 568 g/mol. The number of aromatic nitrogens is 1. The van der Waals surface area contributed by atoms with Crippen LogP contribution in [0.25, 0.3) is 21.9 Å². The molecule has 0 bridgehead atoms. The van der Waals surface area contributed by atoms with Crippen LogP contribution in [0.2, 0.25) is 0 Å². The molecule has 3 amide bonds. The number of methoxy groups -OCH3 is 1. The van der Waals surface area contributed by atoms with Gasteiger partial charge >= 0.3 is 6.03 Å². The number of fused-ring (bicyclic) bond motifs is 1. The lowest BCUT2D eigenvalue weighted by Gasteiger charge is -2.26. The number of nitrogens with one attached hydrogen (secondary N) is 2. The van der Waals surface area contributed by atoms with Gasteiger partial charge in [-0.25, -0.2) is 4.79 Å². The Kier molecular flexibility index (Phi) is 8.42. The van der Waals surface area contributed by atoms with Crippen molar-refractivity contribution in [2.75, 3.05) is 44.0 Å². The van der Waals surface area contributed by atoms with Crippen LogP contribution in [0.5, 0.6) is 5.75 Å². The number of pyridine rings is 1. The van der Waals surface area contributed by atoms with E-state index in [2.05, 4.69) is 27.7 Å². The summed E-state index contributed by atoms with van der Waals surface area (Å²) in [5.74, 6) is -0.415. The highest BCUT2D eigenvalue weighted by Gasteiger charge is 2.23. The van der Waals surface area contributed by atoms with Gasteiger partial charge in [0, 0.05) is 36.8 Å². The molecule has 42 heavy (non-hydrogen) atoms. The van der Waals surface area contributed by atoms with Gasteiger partial charge in [-0.2, -0.15) is 0 Å². The van der Waals surface area contributed by atoms with Crippen LogP contribution in [0.3, 0.4) is 0 Å². The van der Waals surface area contributed by atoms with Gasteiger partial charge in [0.1, 0.15) is 0 Å². The first-order valence-corrected chi connectivity index (χ1v) is 14.0. The van der Waals surface area contributed by atoms with Gasteiger partial charge < -0.3 is 25.8 Å². The van der Waals surface area contributed by atoms with Gasteiger partial charge in [-0.05, 0) is 46.2 Å². The first kappa shape index (κ1) is 29.0. The molecule has 0 atom stereocenters. The molecular formula is C33H37N5O4. The summed E-state index contributed by atoms with van der Waals surface area (Å²) in [5.41, 5.74) is 10.4. The Morgan fingerprint density at radius 1 is 0.976 bits per heavy atom.